The Labute approximate surface area is 120 Å². The van der Waals surface area contributed by atoms with Gasteiger partial charge < -0.3 is 10.0 Å². The van der Waals surface area contributed by atoms with Crippen LogP contribution in [0.3, 0.4) is 0 Å². The first kappa shape index (κ1) is 17.2. The highest BCUT2D eigenvalue weighted by atomic mass is 19.4. The minimum absolute atomic E-state index is 0.0996. The van der Waals surface area contributed by atoms with Crippen LogP contribution in [-0.4, -0.2) is 29.2 Å². The molecule has 0 heterocycles. The molecule has 0 bridgehead atoms. The number of alkyl halides is 3. The van der Waals surface area contributed by atoms with Crippen molar-refractivity contribution < 1.29 is 23.2 Å². The molecule has 0 radical (unpaired) electrons. The largest absolute Gasteiger partial charge is 0.416 e. The Morgan fingerprint density at radius 3 is 2.43 bits per heavy atom. The molecular formula is C13H17F3N2O3. The molecule has 0 spiro atoms. The Kier molecular flexibility index (Phi) is 5.54. The van der Waals surface area contributed by atoms with Gasteiger partial charge in [0, 0.05) is 25.3 Å². The zero-order valence-corrected chi connectivity index (χ0v) is 11.7. The van der Waals surface area contributed by atoms with Crippen LogP contribution in [-0.2, 0) is 6.18 Å². The maximum Gasteiger partial charge on any atom is 0.416 e. The number of nitro groups is 1. The highest BCUT2D eigenvalue weighted by Crippen LogP contribution is 2.37. The third-order valence-electron chi connectivity index (χ3n) is 2.99. The van der Waals surface area contributed by atoms with Gasteiger partial charge in [0.05, 0.1) is 10.5 Å². The van der Waals surface area contributed by atoms with Crippen LogP contribution in [0, 0.1) is 10.1 Å². The number of hydrogen-bond donors (Lipinski definition) is 1. The minimum atomic E-state index is -4.63. The van der Waals surface area contributed by atoms with Crippen molar-refractivity contribution in [3.05, 3.63) is 33.9 Å². The van der Waals surface area contributed by atoms with Crippen molar-refractivity contribution in [1.82, 2.24) is 0 Å². The van der Waals surface area contributed by atoms with E-state index in [4.69, 9.17) is 5.11 Å². The Morgan fingerprint density at radius 1 is 1.38 bits per heavy atom. The monoisotopic (exact) mass is 306 g/mol. The minimum Gasteiger partial charge on any atom is -0.396 e. The predicted molar refractivity (Wildman–Crippen MR) is 72.3 cm³/mol. The molecule has 1 rings (SSSR count). The van der Waals surface area contributed by atoms with E-state index in [-0.39, 0.29) is 18.3 Å². The van der Waals surface area contributed by atoms with Gasteiger partial charge >= 0.3 is 6.18 Å². The second-order valence-electron chi connectivity index (χ2n) is 4.82. The fourth-order valence-corrected chi connectivity index (χ4v) is 1.99. The summed E-state index contributed by atoms with van der Waals surface area (Å²) in [7, 11) is 0. The molecule has 0 atom stereocenters. The van der Waals surface area contributed by atoms with Gasteiger partial charge in [-0.05, 0) is 32.4 Å². The standard InChI is InChI=1S/C13H17F3N2O3/c1-9(2)17(6-3-7-19)11-5-4-10(13(14,15)16)8-12(11)18(20)21/h4-5,8-9,19H,3,6-7H2,1-2H3. The quantitative estimate of drug-likeness (QED) is 0.647. The molecule has 1 aromatic rings. The molecule has 0 unspecified atom stereocenters. The average Bonchev–Trinajstić information content (AvgIpc) is 2.37. The van der Waals surface area contributed by atoms with Crippen LogP contribution >= 0.6 is 0 Å². The van der Waals surface area contributed by atoms with Crippen molar-refractivity contribution in [2.24, 2.45) is 0 Å². The van der Waals surface area contributed by atoms with Gasteiger partial charge in [0.1, 0.15) is 5.69 Å². The number of aliphatic hydroxyl groups excluding tert-OH is 1. The topological polar surface area (TPSA) is 66.6 Å². The summed E-state index contributed by atoms with van der Waals surface area (Å²) in [6.07, 6.45) is -4.26. The molecule has 0 fully saturated rings. The smallest absolute Gasteiger partial charge is 0.396 e. The molecule has 0 aliphatic carbocycles. The summed E-state index contributed by atoms with van der Waals surface area (Å²) in [6, 6.07) is 2.34. The van der Waals surface area contributed by atoms with Gasteiger partial charge in [0.2, 0.25) is 0 Å². The summed E-state index contributed by atoms with van der Waals surface area (Å²) in [5.74, 6) is 0. The first-order valence-corrected chi connectivity index (χ1v) is 6.41. The van der Waals surface area contributed by atoms with E-state index < -0.39 is 22.4 Å². The van der Waals surface area contributed by atoms with E-state index in [1.165, 1.54) is 0 Å². The molecule has 8 heteroatoms. The Hall–Kier alpha value is -1.83. The van der Waals surface area contributed by atoms with E-state index >= 15 is 0 Å². The van der Waals surface area contributed by atoms with Gasteiger partial charge in [-0.1, -0.05) is 0 Å². The van der Waals surface area contributed by atoms with Crippen molar-refractivity contribution >= 4 is 11.4 Å². The molecular weight excluding hydrogens is 289 g/mol. The summed E-state index contributed by atoms with van der Waals surface area (Å²) in [4.78, 5) is 11.8. The molecule has 0 aliphatic heterocycles. The molecule has 0 saturated carbocycles. The first-order chi connectivity index (χ1) is 9.68. The number of anilines is 1. The zero-order valence-electron chi connectivity index (χ0n) is 11.7. The Morgan fingerprint density at radius 2 is 2.00 bits per heavy atom. The van der Waals surface area contributed by atoms with Crippen molar-refractivity contribution in [3.63, 3.8) is 0 Å². The Balaban J connectivity index is 3.30. The molecule has 0 saturated heterocycles. The third-order valence-corrected chi connectivity index (χ3v) is 2.99. The van der Waals surface area contributed by atoms with Gasteiger partial charge in [-0.2, -0.15) is 13.2 Å². The van der Waals surface area contributed by atoms with Crippen LogP contribution < -0.4 is 4.90 Å². The third kappa shape index (κ3) is 4.32. The highest BCUT2D eigenvalue weighted by Gasteiger charge is 2.34. The van der Waals surface area contributed by atoms with Crippen LogP contribution in [0.4, 0.5) is 24.5 Å². The molecule has 1 N–H and O–H groups in total. The van der Waals surface area contributed by atoms with E-state index in [1.54, 1.807) is 18.7 Å². The first-order valence-electron chi connectivity index (χ1n) is 6.41. The van der Waals surface area contributed by atoms with E-state index in [0.717, 1.165) is 12.1 Å². The lowest BCUT2D eigenvalue weighted by atomic mass is 10.1. The van der Waals surface area contributed by atoms with Crippen molar-refractivity contribution in [1.29, 1.82) is 0 Å². The second kappa shape index (κ2) is 6.75. The van der Waals surface area contributed by atoms with Gasteiger partial charge in [-0.25, -0.2) is 0 Å². The average molecular weight is 306 g/mol. The summed E-state index contributed by atoms with van der Waals surface area (Å²) < 4.78 is 38.0. The lowest BCUT2D eigenvalue weighted by Gasteiger charge is -2.28. The lowest BCUT2D eigenvalue weighted by molar-refractivity contribution is -0.384. The normalized spacial score (nSPS) is 11.8. The van der Waals surface area contributed by atoms with Crippen molar-refractivity contribution in [3.8, 4) is 0 Å². The number of nitrogens with zero attached hydrogens (tertiary/aromatic N) is 2. The van der Waals surface area contributed by atoms with Crippen LogP contribution in [0.2, 0.25) is 0 Å². The number of aliphatic hydroxyl groups is 1. The number of rotatable bonds is 6. The van der Waals surface area contributed by atoms with Gasteiger partial charge in [0.25, 0.3) is 5.69 Å². The van der Waals surface area contributed by atoms with Crippen LogP contribution in [0.1, 0.15) is 25.8 Å². The van der Waals surface area contributed by atoms with E-state index in [9.17, 15) is 23.3 Å². The van der Waals surface area contributed by atoms with Gasteiger partial charge in [-0.15, -0.1) is 0 Å². The molecule has 5 nitrogen and oxygen atoms in total. The molecule has 0 aliphatic rings. The van der Waals surface area contributed by atoms with E-state index in [2.05, 4.69) is 0 Å². The van der Waals surface area contributed by atoms with E-state index in [1.807, 2.05) is 0 Å². The number of benzene rings is 1. The predicted octanol–water partition coefficient (Wildman–Crippen LogP) is 3.21. The van der Waals surface area contributed by atoms with Gasteiger partial charge in [0.15, 0.2) is 0 Å². The molecule has 118 valence electrons. The van der Waals surface area contributed by atoms with E-state index in [0.29, 0.717) is 19.0 Å². The van der Waals surface area contributed by atoms with Crippen LogP contribution in [0.5, 0.6) is 0 Å². The fraction of sp³-hybridized carbons (Fsp3) is 0.538. The Bertz CT molecular complexity index is 504. The molecule has 1 aromatic carbocycles. The number of hydrogen-bond acceptors (Lipinski definition) is 4. The SMILES string of the molecule is CC(C)N(CCCO)c1ccc(C(F)(F)F)cc1[N+](=O)[O-]. The number of halogens is 3. The van der Waals surface area contributed by atoms with Gasteiger partial charge in [-0.3, -0.25) is 10.1 Å². The van der Waals surface area contributed by atoms with Crippen LogP contribution in [0.15, 0.2) is 18.2 Å². The fourth-order valence-electron chi connectivity index (χ4n) is 1.99. The molecule has 0 aromatic heterocycles. The van der Waals surface area contributed by atoms with Crippen molar-refractivity contribution in [2.75, 3.05) is 18.1 Å². The summed E-state index contributed by atoms with van der Waals surface area (Å²) in [5.41, 5.74) is -1.52. The highest BCUT2D eigenvalue weighted by molar-refractivity contribution is 5.65. The maximum atomic E-state index is 12.7. The van der Waals surface area contributed by atoms with Crippen molar-refractivity contribution in [2.45, 2.75) is 32.5 Å². The lowest BCUT2D eigenvalue weighted by Crippen LogP contribution is -2.32. The van der Waals surface area contributed by atoms with Crippen LogP contribution in [0.25, 0.3) is 0 Å². The second-order valence-corrected chi connectivity index (χ2v) is 4.82. The summed E-state index contributed by atoms with van der Waals surface area (Å²) >= 11 is 0. The summed E-state index contributed by atoms with van der Waals surface area (Å²) in [5, 5.41) is 19.9. The number of nitro benzene ring substituents is 1. The molecule has 21 heavy (non-hydrogen) atoms. The summed E-state index contributed by atoms with van der Waals surface area (Å²) in [6.45, 7) is 3.77. The molecule has 0 amide bonds. The zero-order chi connectivity index (χ0) is 16.2. The maximum absolute atomic E-state index is 12.7.